The van der Waals surface area contributed by atoms with Gasteiger partial charge in [0.1, 0.15) is 16.8 Å². The summed E-state index contributed by atoms with van der Waals surface area (Å²) in [7, 11) is 0. The van der Waals surface area contributed by atoms with Gasteiger partial charge in [-0.2, -0.15) is 5.26 Å². The van der Waals surface area contributed by atoms with Crippen LogP contribution >= 0.6 is 11.8 Å². The van der Waals surface area contributed by atoms with Crippen LogP contribution in [0.2, 0.25) is 0 Å². The van der Waals surface area contributed by atoms with Crippen LogP contribution in [0.3, 0.4) is 0 Å². The number of amides is 1. The molecular formula is C21H25N3O2S. The van der Waals surface area contributed by atoms with Crippen LogP contribution in [-0.2, 0) is 11.2 Å². The smallest absolute Gasteiger partial charge is 0.237 e. The maximum Gasteiger partial charge on any atom is 0.237 e. The molecule has 0 fully saturated rings. The van der Waals surface area contributed by atoms with E-state index in [9.17, 15) is 10.1 Å². The molecule has 1 N–H and O–H groups in total. The number of carbonyl (C=O) groups is 1. The van der Waals surface area contributed by atoms with Crippen LogP contribution in [0, 0.1) is 17.2 Å². The minimum atomic E-state index is -0.409. The highest BCUT2D eigenvalue weighted by Crippen LogP contribution is 2.28. The number of carbonyl (C=O) groups excluding carboxylic acids is 1. The third kappa shape index (κ3) is 6.00. The number of hydrogen-bond acceptors (Lipinski definition) is 5. The molecule has 0 bridgehead atoms. The van der Waals surface area contributed by atoms with Crippen molar-refractivity contribution in [2.45, 2.75) is 44.4 Å². The van der Waals surface area contributed by atoms with Crippen molar-refractivity contribution in [1.29, 1.82) is 5.26 Å². The first-order chi connectivity index (χ1) is 12.9. The van der Waals surface area contributed by atoms with E-state index in [0.717, 1.165) is 12.1 Å². The highest BCUT2D eigenvalue weighted by Gasteiger charge is 2.19. The van der Waals surface area contributed by atoms with Crippen molar-refractivity contribution < 1.29 is 9.53 Å². The molecule has 27 heavy (non-hydrogen) atoms. The molecule has 1 aromatic carbocycles. The second kappa shape index (κ2) is 9.98. The Kier molecular flexibility index (Phi) is 7.68. The number of rotatable bonds is 8. The molecule has 0 saturated heterocycles. The number of ether oxygens (including phenoxy) is 1. The van der Waals surface area contributed by atoms with Crippen LogP contribution in [0.4, 0.5) is 5.69 Å². The van der Waals surface area contributed by atoms with Crippen LogP contribution in [0.15, 0.2) is 41.4 Å². The SMILES string of the molecule is CCOc1ccccc1NC(=O)C(C)Sc1nc(CC(C)C)ccc1C#N. The van der Waals surface area contributed by atoms with Gasteiger partial charge in [0.05, 0.1) is 23.1 Å². The summed E-state index contributed by atoms with van der Waals surface area (Å²) in [6.45, 7) is 8.48. The van der Waals surface area contributed by atoms with Crippen LogP contribution in [-0.4, -0.2) is 22.7 Å². The normalized spacial score (nSPS) is 11.7. The Balaban J connectivity index is 2.13. The summed E-state index contributed by atoms with van der Waals surface area (Å²) < 4.78 is 5.55. The number of nitrogens with zero attached hydrogens (tertiary/aromatic N) is 2. The summed E-state index contributed by atoms with van der Waals surface area (Å²) in [5, 5.41) is 12.4. The first-order valence-electron chi connectivity index (χ1n) is 9.04. The number of benzene rings is 1. The molecule has 0 aliphatic heterocycles. The molecule has 0 spiro atoms. The average molecular weight is 384 g/mol. The molecule has 5 nitrogen and oxygen atoms in total. The standard InChI is InChI=1S/C21H25N3O2S/c1-5-26-19-9-7-6-8-18(19)24-20(25)15(4)27-21-16(13-22)10-11-17(23-21)12-14(2)3/h6-11,14-15H,5,12H2,1-4H3,(H,24,25). The number of anilines is 1. The molecule has 1 atom stereocenters. The number of nitriles is 1. The van der Waals surface area contributed by atoms with Crippen molar-refractivity contribution in [2.75, 3.05) is 11.9 Å². The second-order valence-electron chi connectivity index (χ2n) is 6.54. The van der Waals surface area contributed by atoms with Gasteiger partial charge < -0.3 is 10.1 Å². The molecule has 0 radical (unpaired) electrons. The monoisotopic (exact) mass is 383 g/mol. The largest absolute Gasteiger partial charge is 0.492 e. The van der Waals surface area contributed by atoms with Crippen LogP contribution in [0.5, 0.6) is 5.75 Å². The zero-order chi connectivity index (χ0) is 19.8. The van der Waals surface area contributed by atoms with E-state index in [2.05, 4.69) is 30.2 Å². The van der Waals surface area contributed by atoms with Gasteiger partial charge in [-0.15, -0.1) is 0 Å². The lowest BCUT2D eigenvalue weighted by Crippen LogP contribution is -2.23. The van der Waals surface area contributed by atoms with Crippen molar-refractivity contribution in [3.8, 4) is 11.8 Å². The lowest BCUT2D eigenvalue weighted by molar-refractivity contribution is -0.115. The molecule has 1 amide bonds. The second-order valence-corrected chi connectivity index (χ2v) is 7.87. The maximum atomic E-state index is 12.6. The van der Waals surface area contributed by atoms with E-state index in [1.807, 2.05) is 37.3 Å². The lowest BCUT2D eigenvalue weighted by atomic mass is 10.1. The number of hydrogen-bond donors (Lipinski definition) is 1. The van der Waals surface area contributed by atoms with E-state index in [1.54, 1.807) is 13.0 Å². The van der Waals surface area contributed by atoms with Crippen molar-refractivity contribution in [1.82, 2.24) is 4.98 Å². The number of para-hydroxylation sites is 2. The van der Waals surface area contributed by atoms with Crippen molar-refractivity contribution in [3.05, 3.63) is 47.7 Å². The third-order valence-corrected chi connectivity index (χ3v) is 4.86. The zero-order valence-corrected chi connectivity index (χ0v) is 17.0. The molecule has 2 aromatic rings. The van der Waals surface area contributed by atoms with E-state index in [0.29, 0.717) is 34.6 Å². The Hall–Kier alpha value is -2.52. The summed E-state index contributed by atoms with van der Waals surface area (Å²) in [5.41, 5.74) is 2.06. The fourth-order valence-corrected chi connectivity index (χ4v) is 3.40. The Morgan fingerprint density at radius 3 is 2.67 bits per heavy atom. The van der Waals surface area contributed by atoms with E-state index < -0.39 is 5.25 Å². The van der Waals surface area contributed by atoms with Crippen LogP contribution in [0.1, 0.15) is 39.0 Å². The van der Waals surface area contributed by atoms with Crippen LogP contribution in [0.25, 0.3) is 0 Å². The van der Waals surface area contributed by atoms with Gasteiger partial charge in [-0.25, -0.2) is 4.98 Å². The quantitative estimate of drug-likeness (QED) is 0.671. The minimum Gasteiger partial charge on any atom is -0.492 e. The first-order valence-corrected chi connectivity index (χ1v) is 9.91. The number of nitrogens with one attached hydrogen (secondary N) is 1. The Morgan fingerprint density at radius 1 is 1.26 bits per heavy atom. The molecule has 0 saturated carbocycles. The summed E-state index contributed by atoms with van der Waals surface area (Å²) >= 11 is 1.30. The Morgan fingerprint density at radius 2 is 2.00 bits per heavy atom. The lowest BCUT2D eigenvalue weighted by Gasteiger charge is -2.15. The van der Waals surface area contributed by atoms with Gasteiger partial charge in [0.15, 0.2) is 0 Å². The van der Waals surface area contributed by atoms with Gasteiger partial charge in [-0.05, 0) is 50.5 Å². The Labute approximate surface area is 165 Å². The van der Waals surface area contributed by atoms with Gasteiger partial charge in [-0.1, -0.05) is 37.7 Å². The van der Waals surface area contributed by atoms with Crippen molar-refractivity contribution >= 4 is 23.4 Å². The highest BCUT2D eigenvalue weighted by atomic mass is 32.2. The van der Waals surface area contributed by atoms with E-state index in [-0.39, 0.29) is 5.91 Å². The predicted molar refractivity (Wildman–Crippen MR) is 109 cm³/mol. The fourth-order valence-electron chi connectivity index (χ4n) is 2.49. The van der Waals surface area contributed by atoms with Gasteiger partial charge in [0, 0.05) is 5.69 Å². The van der Waals surface area contributed by atoms with Crippen molar-refractivity contribution in [3.63, 3.8) is 0 Å². The van der Waals surface area contributed by atoms with Gasteiger partial charge in [0.2, 0.25) is 5.91 Å². The van der Waals surface area contributed by atoms with Gasteiger partial charge in [-0.3, -0.25) is 4.79 Å². The molecule has 2 rings (SSSR count). The first kappa shape index (κ1) is 20.8. The minimum absolute atomic E-state index is 0.160. The number of thioether (sulfide) groups is 1. The van der Waals surface area contributed by atoms with E-state index >= 15 is 0 Å². The topological polar surface area (TPSA) is 75.0 Å². The molecule has 0 aliphatic carbocycles. The molecule has 0 aliphatic rings. The number of pyridine rings is 1. The fraction of sp³-hybridized carbons (Fsp3) is 0.381. The highest BCUT2D eigenvalue weighted by molar-refractivity contribution is 8.00. The molecule has 1 aromatic heterocycles. The van der Waals surface area contributed by atoms with Crippen molar-refractivity contribution in [2.24, 2.45) is 5.92 Å². The zero-order valence-electron chi connectivity index (χ0n) is 16.2. The molecule has 6 heteroatoms. The Bertz CT molecular complexity index is 830. The third-order valence-electron chi connectivity index (χ3n) is 3.76. The van der Waals surface area contributed by atoms with E-state index in [4.69, 9.17) is 4.74 Å². The summed E-state index contributed by atoms with van der Waals surface area (Å²) in [6, 6.07) is 13.2. The van der Waals surface area contributed by atoms with Gasteiger partial charge >= 0.3 is 0 Å². The maximum absolute atomic E-state index is 12.6. The van der Waals surface area contributed by atoms with Crippen LogP contribution < -0.4 is 10.1 Å². The molecule has 1 unspecified atom stereocenters. The van der Waals surface area contributed by atoms with Gasteiger partial charge in [0.25, 0.3) is 0 Å². The average Bonchev–Trinajstić information content (AvgIpc) is 2.63. The molecular weight excluding hydrogens is 358 g/mol. The molecule has 1 heterocycles. The summed E-state index contributed by atoms with van der Waals surface area (Å²) in [6.07, 6.45) is 0.835. The van der Waals surface area contributed by atoms with E-state index in [1.165, 1.54) is 11.8 Å². The summed E-state index contributed by atoms with van der Waals surface area (Å²) in [4.78, 5) is 17.2. The number of aromatic nitrogens is 1. The summed E-state index contributed by atoms with van der Waals surface area (Å²) in [5.74, 6) is 0.950. The predicted octanol–water partition coefficient (Wildman–Crippen LogP) is 4.67. The molecule has 142 valence electrons.